The average molecular weight is 382 g/mol. The molecule has 0 saturated carbocycles. The first-order valence-corrected chi connectivity index (χ1v) is 8.42. The van der Waals surface area contributed by atoms with Crippen LogP contribution in [0.5, 0.6) is 11.5 Å². The first kappa shape index (κ1) is 19.6. The number of hydrogen-bond donors (Lipinski definition) is 5. The Kier molecular flexibility index (Phi) is 5.15. The highest BCUT2D eigenvalue weighted by molar-refractivity contribution is 5.97. The number of carbonyl (C=O) groups excluding carboxylic acids is 1. The predicted molar refractivity (Wildman–Crippen MR) is 90.2 cm³/mol. The molecule has 0 aromatic heterocycles. The van der Waals surface area contributed by atoms with Crippen LogP contribution in [0.25, 0.3) is 0 Å². The third-order valence-corrected chi connectivity index (χ3v) is 5.01. The second-order valence-electron chi connectivity index (χ2n) is 6.70. The summed E-state index contributed by atoms with van der Waals surface area (Å²) in [6.07, 6.45) is -7.51. The van der Waals surface area contributed by atoms with Crippen LogP contribution < -0.4 is 4.74 Å². The molecule has 1 aromatic carbocycles. The third-order valence-electron chi connectivity index (χ3n) is 5.01. The zero-order valence-electron chi connectivity index (χ0n) is 14.8. The maximum absolute atomic E-state index is 12.4. The van der Waals surface area contributed by atoms with E-state index >= 15 is 0 Å². The van der Waals surface area contributed by atoms with Gasteiger partial charge in [0.25, 0.3) is 0 Å². The molecule has 6 atom stereocenters. The molecule has 9 nitrogen and oxygen atoms in total. The number of benzene rings is 1. The smallest absolute Gasteiger partial charge is 0.347 e. The van der Waals surface area contributed by atoms with Gasteiger partial charge in [-0.1, -0.05) is 13.5 Å². The van der Waals surface area contributed by atoms with Crippen LogP contribution in [0.1, 0.15) is 34.3 Å². The van der Waals surface area contributed by atoms with E-state index in [0.29, 0.717) is 11.1 Å². The van der Waals surface area contributed by atoms with Crippen LogP contribution in [0.4, 0.5) is 0 Å². The zero-order valence-corrected chi connectivity index (χ0v) is 14.8. The summed E-state index contributed by atoms with van der Waals surface area (Å²) >= 11 is 0. The van der Waals surface area contributed by atoms with Gasteiger partial charge in [-0.3, -0.25) is 0 Å². The van der Waals surface area contributed by atoms with Gasteiger partial charge in [0.2, 0.25) is 6.29 Å². The molecule has 1 saturated heterocycles. The van der Waals surface area contributed by atoms with Crippen LogP contribution in [0.15, 0.2) is 18.4 Å². The van der Waals surface area contributed by atoms with E-state index < -0.39 is 49.2 Å². The molecule has 3 rings (SSSR count). The molecule has 27 heavy (non-hydrogen) atoms. The SMILES string of the molecule is C=C1OC(=O)c2c(O[C@@H]3O[C@@H](CO)[C@H](O)[C@@H](O)[C@@H]3O)cc(O)c(C)c2[C@H]1C. The summed E-state index contributed by atoms with van der Waals surface area (Å²) in [7, 11) is 0. The standard InChI is InChI=1S/C18H22O9/c1-6-8(3)25-17(24)13-10(4-9(20)7(2)12(6)13)26-18-16(23)15(22)14(21)11(5-19)27-18/h4,6,11,14-16,18-23H,3,5H2,1-2H3/t6-,11-,14-,15+,16-,18+/m0/s1. The van der Waals surface area contributed by atoms with Gasteiger partial charge >= 0.3 is 5.97 Å². The van der Waals surface area contributed by atoms with E-state index in [0.717, 1.165) is 0 Å². The fourth-order valence-electron chi connectivity index (χ4n) is 3.32. The number of ether oxygens (including phenoxy) is 3. The topological polar surface area (TPSA) is 146 Å². The Morgan fingerprint density at radius 3 is 2.52 bits per heavy atom. The van der Waals surface area contributed by atoms with Crippen LogP contribution in [-0.4, -0.2) is 68.8 Å². The fraction of sp³-hybridized carbons (Fsp3) is 0.500. The molecule has 5 N–H and O–H groups in total. The number of carbonyl (C=O) groups is 1. The van der Waals surface area contributed by atoms with Crippen molar-refractivity contribution in [2.24, 2.45) is 0 Å². The normalized spacial score (nSPS) is 33.4. The number of cyclic esters (lactones) is 1. The van der Waals surface area contributed by atoms with Gasteiger partial charge in [0.15, 0.2) is 0 Å². The number of aliphatic hydroxyl groups excluding tert-OH is 4. The van der Waals surface area contributed by atoms with Crippen molar-refractivity contribution in [1.29, 1.82) is 0 Å². The predicted octanol–water partition coefficient (Wildman–Crippen LogP) is -0.333. The molecular weight excluding hydrogens is 360 g/mol. The van der Waals surface area contributed by atoms with Crippen LogP contribution in [0.3, 0.4) is 0 Å². The molecular formula is C18H22O9. The van der Waals surface area contributed by atoms with Gasteiger partial charge in [0, 0.05) is 12.0 Å². The lowest BCUT2D eigenvalue weighted by Crippen LogP contribution is -2.60. The number of hydrogen-bond acceptors (Lipinski definition) is 9. The summed E-state index contributed by atoms with van der Waals surface area (Å²) in [5.41, 5.74) is 0.967. The highest BCUT2D eigenvalue weighted by Crippen LogP contribution is 2.43. The number of esters is 1. The maximum atomic E-state index is 12.4. The van der Waals surface area contributed by atoms with Gasteiger partial charge in [-0.15, -0.1) is 0 Å². The van der Waals surface area contributed by atoms with Crippen molar-refractivity contribution in [2.75, 3.05) is 6.61 Å². The Morgan fingerprint density at radius 2 is 1.89 bits per heavy atom. The van der Waals surface area contributed by atoms with Gasteiger partial charge in [0.1, 0.15) is 47.2 Å². The van der Waals surface area contributed by atoms with Crippen LogP contribution in [0.2, 0.25) is 0 Å². The lowest BCUT2D eigenvalue weighted by Gasteiger charge is -2.40. The zero-order chi connectivity index (χ0) is 20.0. The van der Waals surface area contributed by atoms with Crippen molar-refractivity contribution in [2.45, 2.75) is 50.5 Å². The molecule has 9 heteroatoms. The molecule has 148 valence electrons. The van der Waals surface area contributed by atoms with E-state index in [1.54, 1.807) is 13.8 Å². The number of aliphatic hydroxyl groups is 4. The van der Waals surface area contributed by atoms with Crippen LogP contribution in [0, 0.1) is 6.92 Å². The first-order chi connectivity index (χ1) is 12.7. The molecule has 0 spiro atoms. The Balaban J connectivity index is 2.02. The quantitative estimate of drug-likeness (QED) is 0.443. The number of allylic oxidation sites excluding steroid dienone is 1. The molecule has 0 radical (unpaired) electrons. The molecule has 2 aliphatic rings. The highest BCUT2D eigenvalue weighted by atomic mass is 16.7. The first-order valence-electron chi connectivity index (χ1n) is 8.42. The second kappa shape index (κ2) is 7.10. The minimum Gasteiger partial charge on any atom is -0.508 e. The van der Waals surface area contributed by atoms with Crippen LogP contribution >= 0.6 is 0 Å². The van der Waals surface area contributed by atoms with E-state index in [1.165, 1.54) is 6.07 Å². The van der Waals surface area contributed by atoms with Crippen molar-refractivity contribution in [3.8, 4) is 11.5 Å². The molecule has 0 unspecified atom stereocenters. The number of aromatic hydroxyl groups is 1. The lowest BCUT2D eigenvalue weighted by atomic mass is 9.87. The number of phenols is 1. The van der Waals surface area contributed by atoms with Crippen molar-refractivity contribution in [3.05, 3.63) is 35.1 Å². The Bertz CT molecular complexity index is 773. The number of rotatable bonds is 3. The summed E-state index contributed by atoms with van der Waals surface area (Å²) in [4.78, 5) is 12.4. The molecule has 1 fully saturated rings. The second-order valence-corrected chi connectivity index (χ2v) is 6.70. The van der Waals surface area contributed by atoms with Crippen LogP contribution in [-0.2, 0) is 9.47 Å². The van der Waals surface area contributed by atoms with E-state index in [4.69, 9.17) is 14.2 Å². The summed E-state index contributed by atoms with van der Waals surface area (Å²) < 4.78 is 16.0. The minimum absolute atomic E-state index is 0.0437. The molecule has 2 heterocycles. The Labute approximate surface area is 155 Å². The maximum Gasteiger partial charge on any atom is 0.347 e. The summed E-state index contributed by atoms with van der Waals surface area (Å²) in [6, 6.07) is 1.18. The summed E-state index contributed by atoms with van der Waals surface area (Å²) in [5, 5.41) is 49.4. The number of fused-ring (bicyclic) bond motifs is 1. The van der Waals surface area contributed by atoms with Gasteiger partial charge in [-0.25, -0.2) is 4.79 Å². The molecule has 0 bridgehead atoms. The fourth-order valence-corrected chi connectivity index (χ4v) is 3.32. The monoisotopic (exact) mass is 382 g/mol. The average Bonchev–Trinajstić information content (AvgIpc) is 2.62. The van der Waals surface area contributed by atoms with E-state index in [1.807, 2.05) is 0 Å². The molecule has 0 amide bonds. The Hall–Kier alpha value is -2.17. The van der Waals surface area contributed by atoms with E-state index in [-0.39, 0.29) is 22.8 Å². The van der Waals surface area contributed by atoms with Crippen molar-refractivity contribution in [3.63, 3.8) is 0 Å². The van der Waals surface area contributed by atoms with Crippen molar-refractivity contribution in [1.82, 2.24) is 0 Å². The lowest BCUT2D eigenvalue weighted by molar-refractivity contribution is -0.277. The van der Waals surface area contributed by atoms with E-state index in [2.05, 4.69) is 6.58 Å². The third kappa shape index (κ3) is 3.17. The van der Waals surface area contributed by atoms with Gasteiger partial charge in [0.05, 0.1) is 6.61 Å². The van der Waals surface area contributed by atoms with Gasteiger partial charge in [-0.2, -0.15) is 0 Å². The van der Waals surface area contributed by atoms with Crippen molar-refractivity contribution < 1.29 is 44.5 Å². The largest absolute Gasteiger partial charge is 0.508 e. The number of phenolic OH excluding ortho intramolecular Hbond substituents is 1. The summed E-state index contributed by atoms with van der Waals surface area (Å²) in [5.74, 6) is -1.19. The van der Waals surface area contributed by atoms with Gasteiger partial charge in [-0.05, 0) is 18.1 Å². The van der Waals surface area contributed by atoms with Gasteiger partial charge < -0.3 is 39.7 Å². The van der Waals surface area contributed by atoms with E-state index in [9.17, 15) is 30.3 Å². The van der Waals surface area contributed by atoms with Crippen molar-refractivity contribution >= 4 is 5.97 Å². The highest BCUT2D eigenvalue weighted by Gasteiger charge is 2.45. The summed E-state index contributed by atoms with van der Waals surface area (Å²) in [6.45, 7) is 6.45. The molecule has 0 aliphatic carbocycles. The Morgan fingerprint density at radius 1 is 1.22 bits per heavy atom. The molecule has 1 aromatic rings. The minimum atomic E-state index is -1.66. The molecule has 2 aliphatic heterocycles.